The van der Waals surface area contributed by atoms with Gasteiger partial charge in [-0.2, -0.15) is 0 Å². The van der Waals surface area contributed by atoms with E-state index in [0.717, 1.165) is 6.54 Å². The normalized spacial score (nSPS) is 13.1. The smallest absolute Gasteiger partial charge is 0.225 e. The van der Waals surface area contributed by atoms with Crippen LogP contribution >= 0.6 is 0 Å². The lowest BCUT2D eigenvalue weighted by molar-refractivity contribution is -0.130. The maximum atomic E-state index is 11.5. The van der Waals surface area contributed by atoms with Crippen LogP contribution in [-0.2, 0) is 24.0 Å². The first-order valence-electron chi connectivity index (χ1n) is 25.3. The number of hydrogen-bond acceptors (Lipinski definition) is 5. The van der Waals surface area contributed by atoms with E-state index in [1.165, 1.54) is 6.42 Å². The minimum Gasteiger partial charge on any atom is -0.355 e. The molecule has 0 saturated heterocycles. The van der Waals surface area contributed by atoms with Crippen molar-refractivity contribution in [2.24, 2.45) is 54.1 Å². The summed E-state index contributed by atoms with van der Waals surface area (Å²) >= 11 is 0. The Morgan fingerprint density at radius 1 is 0.269 bits per heavy atom. The van der Waals surface area contributed by atoms with Gasteiger partial charge in [-0.15, -0.1) is 0 Å². The maximum absolute atomic E-state index is 11.5. The van der Waals surface area contributed by atoms with Crippen molar-refractivity contribution in [1.82, 2.24) is 16.0 Å². The second kappa shape index (κ2) is 28.6. The molecule has 404 valence electrons. The molecule has 0 radical (unpaired) electrons. The molecule has 0 heterocycles. The molecule has 8 nitrogen and oxygen atoms in total. The Hall–Kier alpha value is -2.25. The quantitative estimate of drug-likeness (QED) is 0.253. The van der Waals surface area contributed by atoms with Gasteiger partial charge in [0.15, 0.2) is 0 Å². The number of nitrogens with one attached hydrogen (secondary N) is 3. The first-order valence-corrected chi connectivity index (χ1v) is 25.3. The van der Waals surface area contributed by atoms with Gasteiger partial charge in [0.25, 0.3) is 0 Å². The zero-order valence-electron chi connectivity index (χ0n) is 52.3. The number of hydrogen-bond donors (Lipinski definition) is 3. The summed E-state index contributed by atoms with van der Waals surface area (Å²) in [7, 11) is 0. The summed E-state index contributed by atoms with van der Waals surface area (Å²) in [5.41, 5.74) is 0.618. The molecule has 0 fully saturated rings. The summed E-state index contributed by atoms with van der Waals surface area (Å²) in [4.78, 5) is 57.1. The second-order valence-corrected chi connectivity index (χ2v) is 32.7. The SMILES string of the molecule is CC(C)(C)CC(=O)CC(C)(C)C.CC(C)(C)CC(=O)CC(C)(C)C.CC(C)(C)CC(C)(C)C.CC(C)(C)CNC(=O)C(C)(C)C.CC(C)(C)NC(=O)C(C)(C)C.CC(C)(C)NC(=O)C(C)(C)C. The molecular weight excluding hydrogens is 831 g/mol. The summed E-state index contributed by atoms with van der Waals surface area (Å²) in [5.74, 6) is 1.09. The molecule has 0 bridgehead atoms. The van der Waals surface area contributed by atoms with E-state index in [9.17, 15) is 24.0 Å². The topological polar surface area (TPSA) is 121 Å². The zero-order valence-corrected chi connectivity index (χ0v) is 52.3. The van der Waals surface area contributed by atoms with Crippen molar-refractivity contribution >= 4 is 29.3 Å². The highest BCUT2D eigenvalue weighted by molar-refractivity contribution is 5.83. The van der Waals surface area contributed by atoms with E-state index in [-0.39, 0.29) is 72.1 Å². The highest BCUT2D eigenvalue weighted by atomic mass is 16.2. The van der Waals surface area contributed by atoms with Crippen molar-refractivity contribution in [3.63, 3.8) is 0 Å². The van der Waals surface area contributed by atoms with Crippen LogP contribution in [0.15, 0.2) is 0 Å². The Bertz CT molecular complexity index is 1290. The van der Waals surface area contributed by atoms with Crippen LogP contribution in [0.25, 0.3) is 0 Å². The van der Waals surface area contributed by atoms with Crippen molar-refractivity contribution in [2.45, 2.75) is 292 Å². The standard InChI is InChI=1S/2C11H22O.C10H21NO.2C9H19NO.C9H20/c2*1-10(2,3)7-9(12)8-11(4,5)6;1-9(2,3)7-11-8(12)10(4,5)6;2*1-8(2,3)7(11)10-9(4,5)6;1-8(2,3)7-9(4,5)6/h2*7-8H2,1-6H3;7H2,1-6H3,(H,11,12);2*1-6H3,(H,10,11);7H2,1-6H3. The predicted octanol–water partition coefficient (Wildman–Crippen LogP) is 16.4. The monoisotopic (exact) mass is 954 g/mol. The van der Waals surface area contributed by atoms with Gasteiger partial charge in [-0.3, -0.25) is 24.0 Å². The van der Waals surface area contributed by atoms with E-state index in [1.54, 1.807) is 0 Å². The van der Waals surface area contributed by atoms with Crippen molar-refractivity contribution in [3.05, 3.63) is 0 Å². The van der Waals surface area contributed by atoms with Crippen LogP contribution in [0.1, 0.15) is 281 Å². The molecular formula is C59H123N3O5. The van der Waals surface area contributed by atoms with Crippen LogP contribution < -0.4 is 16.0 Å². The van der Waals surface area contributed by atoms with Crippen LogP contribution in [0.4, 0.5) is 0 Å². The zero-order chi connectivity index (χ0) is 56.3. The van der Waals surface area contributed by atoms with Gasteiger partial charge in [0.05, 0.1) is 0 Å². The third-order valence-electron chi connectivity index (χ3n) is 7.77. The Kier molecular flexibility index (Phi) is 32.5. The minimum absolute atomic E-state index is 0.102. The van der Waals surface area contributed by atoms with E-state index < -0.39 is 0 Å². The average Bonchev–Trinajstić information content (AvgIpc) is 2.87. The predicted molar refractivity (Wildman–Crippen MR) is 296 cm³/mol. The summed E-state index contributed by atoms with van der Waals surface area (Å²) in [5, 5.41) is 8.76. The molecule has 0 rings (SSSR count). The molecule has 0 saturated carbocycles. The van der Waals surface area contributed by atoms with Crippen molar-refractivity contribution < 1.29 is 24.0 Å². The number of rotatable bonds is 5. The first-order chi connectivity index (χ1) is 28.3. The van der Waals surface area contributed by atoms with Gasteiger partial charge in [-0.05, 0) is 85.9 Å². The molecule has 3 N–H and O–H groups in total. The Balaban J connectivity index is -0.000000167. The molecule has 0 aromatic rings. The third kappa shape index (κ3) is 72.9. The van der Waals surface area contributed by atoms with Crippen molar-refractivity contribution in [2.75, 3.05) is 6.54 Å². The van der Waals surface area contributed by atoms with Crippen LogP contribution in [0.5, 0.6) is 0 Å². The molecule has 0 aromatic carbocycles. The molecule has 8 heteroatoms. The van der Waals surface area contributed by atoms with E-state index in [0.29, 0.717) is 48.1 Å². The summed E-state index contributed by atoms with van der Waals surface area (Å²) in [6.45, 7) is 75.2. The van der Waals surface area contributed by atoms with Crippen LogP contribution in [0.2, 0.25) is 0 Å². The molecule has 0 aliphatic rings. The van der Waals surface area contributed by atoms with Crippen LogP contribution in [-0.4, -0.2) is 46.9 Å². The molecule has 0 aromatic heterocycles. The molecule has 0 atom stereocenters. The Morgan fingerprint density at radius 2 is 0.463 bits per heavy atom. The molecule has 0 spiro atoms. The number of carbonyl (C=O) groups excluding carboxylic acids is 5. The molecule has 3 amide bonds. The van der Waals surface area contributed by atoms with Gasteiger partial charge in [-0.1, -0.05) is 208 Å². The van der Waals surface area contributed by atoms with E-state index >= 15 is 0 Å². The fourth-order valence-corrected chi connectivity index (χ4v) is 5.75. The number of amides is 3. The molecule has 0 aliphatic heterocycles. The molecule has 0 aliphatic carbocycles. The van der Waals surface area contributed by atoms with Gasteiger partial charge in [0.2, 0.25) is 17.7 Å². The van der Waals surface area contributed by atoms with E-state index in [2.05, 4.69) is 161 Å². The Labute approximate surface area is 420 Å². The lowest BCUT2D eigenvalue weighted by atomic mass is 9.78. The fraction of sp³-hybridized carbons (Fsp3) is 0.915. The molecule has 0 unspecified atom stereocenters. The minimum atomic E-state index is -0.284. The van der Waals surface area contributed by atoms with Gasteiger partial charge in [-0.25, -0.2) is 0 Å². The lowest BCUT2D eigenvalue weighted by Gasteiger charge is -2.28. The fourth-order valence-electron chi connectivity index (χ4n) is 5.75. The van der Waals surface area contributed by atoms with Crippen LogP contribution in [0.3, 0.4) is 0 Å². The largest absolute Gasteiger partial charge is 0.355 e. The van der Waals surface area contributed by atoms with Crippen molar-refractivity contribution in [3.8, 4) is 0 Å². The van der Waals surface area contributed by atoms with E-state index in [1.807, 2.05) is 104 Å². The first kappa shape index (κ1) is 76.2. The number of carbonyl (C=O) groups is 5. The second-order valence-electron chi connectivity index (χ2n) is 32.7. The maximum Gasteiger partial charge on any atom is 0.225 e. The summed E-state index contributed by atoms with van der Waals surface area (Å²) in [6, 6.07) is 0. The van der Waals surface area contributed by atoms with E-state index in [4.69, 9.17) is 0 Å². The third-order valence-corrected chi connectivity index (χ3v) is 7.77. The average molecular weight is 955 g/mol. The summed E-state index contributed by atoms with van der Waals surface area (Å²) < 4.78 is 0. The van der Waals surface area contributed by atoms with Crippen LogP contribution in [0, 0.1) is 54.1 Å². The number of ketones is 2. The lowest BCUT2D eigenvalue weighted by Crippen LogP contribution is -2.46. The van der Waals surface area contributed by atoms with Crippen molar-refractivity contribution in [1.29, 1.82) is 0 Å². The van der Waals surface area contributed by atoms with Gasteiger partial charge in [0.1, 0.15) is 11.6 Å². The highest BCUT2D eigenvalue weighted by Crippen LogP contribution is 2.32. The Morgan fingerprint density at radius 3 is 0.552 bits per heavy atom. The van der Waals surface area contributed by atoms with Gasteiger partial charge in [0, 0.05) is 59.6 Å². The number of Topliss-reactive ketones (excluding diaryl/α,β-unsaturated/α-hetero) is 2. The summed E-state index contributed by atoms with van der Waals surface area (Å²) in [6.07, 6.45) is 4.09. The van der Waals surface area contributed by atoms with Gasteiger partial charge >= 0.3 is 0 Å². The highest BCUT2D eigenvalue weighted by Gasteiger charge is 2.27. The van der Waals surface area contributed by atoms with Gasteiger partial charge < -0.3 is 16.0 Å². The molecule has 67 heavy (non-hydrogen) atoms.